The molecule has 1 fully saturated rings. The number of carbonyl (C=O) groups excluding carboxylic acids is 1. The minimum atomic E-state index is -0.340. The van der Waals surface area contributed by atoms with Crippen LogP contribution in [0.1, 0.15) is 31.2 Å². The minimum absolute atomic E-state index is 0.172. The fourth-order valence-electron chi connectivity index (χ4n) is 3.89. The highest BCUT2D eigenvalue weighted by Gasteiger charge is 2.19. The minimum Gasteiger partial charge on any atom is -0.355 e. The summed E-state index contributed by atoms with van der Waals surface area (Å²) < 4.78 is 1.26. The lowest BCUT2D eigenvalue weighted by atomic mass is 10.1. The number of halogens is 1. The van der Waals surface area contributed by atoms with Gasteiger partial charge in [0.05, 0.1) is 16.1 Å². The van der Waals surface area contributed by atoms with E-state index < -0.39 is 0 Å². The molecule has 0 radical (unpaired) electrons. The van der Waals surface area contributed by atoms with Crippen molar-refractivity contribution in [1.82, 2.24) is 9.78 Å². The summed E-state index contributed by atoms with van der Waals surface area (Å²) in [7, 11) is 0. The van der Waals surface area contributed by atoms with Gasteiger partial charge in [0, 0.05) is 18.5 Å². The van der Waals surface area contributed by atoms with Crippen LogP contribution in [-0.4, -0.2) is 28.8 Å². The third kappa shape index (κ3) is 4.33. The normalized spacial score (nSPS) is 14.5. The number of amides is 1. The van der Waals surface area contributed by atoms with Gasteiger partial charge >= 0.3 is 0 Å². The van der Waals surface area contributed by atoms with Crippen LogP contribution in [0, 0.1) is 6.92 Å². The van der Waals surface area contributed by atoms with Crippen molar-refractivity contribution in [2.75, 3.05) is 23.3 Å². The maximum absolute atomic E-state index is 13.0. The number of hydrogen-bond acceptors (Lipinski definition) is 4. The first-order valence-corrected chi connectivity index (χ1v) is 10.7. The summed E-state index contributed by atoms with van der Waals surface area (Å²) in [5, 5.41) is 9.28. The fourth-order valence-corrected chi connectivity index (χ4v) is 4.17. The number of benzene rings is 2. The SMILES string of the molecule is Cc1ccc(NC(=O)Cn2nc(N3CCCCCC3)c3ccccc3c2=O)c(Cl)c1. The van der Waals surface area contributed by atoms with Crippen LogP contribution in [0.15, 0.2) is 47.3 Å². The third-order valence-electron chi connectivity index (χ3n) is 5.45. The second kappa shape index (κ2) is 8.88. The van der Waals surface area contributed by atoms with Gasteiger partial charge in [0.2, 0.25) is 5.91 Å². The van der Waals surface area contributed by atoms with Crippen LogP contribution < -0.4 is 15.8 Å². The molecule has 0 bridgehead atoms. The van der Waals surface area contributed by atoms with Gasteiger partial charge in [0.25, 0.3) is 5.56 Å². The number of hydrogen-bond donors (Lipinski definition) is 1. The van der Waals surface area contributed by atoms with Crippen LogP contribution in [-0.2, 0) is 11.3 Å². The molecule has 0 saturated carbocycles. The Labute approximate surface area is 180 Å². The van der Waals surface area contributed by atoms with Crippen molar-refractivity contribution in [1.29, 1.82) is 0 Å². The predicted molar refractivity (Wildman–Crippen MR) is 122 cm³/mol. The fraction of sp³-hybridized carbons (Fsp3) is 0.348. The zero-order valence-corrected chi connectivity index (χ0v) is 17.8. The molecular weight excluding hydrogens is 400 g/mol. The van der Waals surface area contributed by atoms with Gasteiger partial charge in [0.15, 0.2) is 5.82 Å². The predicted octanol–water partition coefficient (Wildman–Crippen LogP) is 4.38. The Kier molecular flexibility index (Phi) is 6.04. The summed E-state index contributed by atoms with van der Waals surface area (Å²) in [6, 6.07) is 12.9. The molecule has 0 atom stereocenters. The smallest absolute Gasteiger partial charge is 0.275 e. The standard InChI is InChI=1S/C23H25ClN4O2/c1-16-10-11-20(19(24)14-16)25-21(29)15-28-23(30)18-9-5-4-8-17(18)22(26-28)27-12-6-2-3-7-13-27/h4-5,8-11,14H,2-3,6-7,12-13,15H2,1H3,(H,25,29). The Hall–Kier alpha value is -2.86. The number of nitrogens with one attached hydrogen (secondary N) is 1. The van der Waals surface area contributed by atoms with Crippen molar-refractivity contribution in [2.45, 2.75) is 39.2 Å². The molecule has 1 aliphatic heterocycles. The highest BCUT2D eigenvalue weighted by molar-refractivity contribution is 6.33. The Morgan fingerprint density at radius 3 is 2.47 bits per heavy atom. The van der Waals surface area contributed by atoms with E-state index in [-0.39, 0.29) is 18.0 Å². The van der Waals surface area contributed by atoms with Gasteiger partial charge in [-0.2, -0.15) is 5.10 Å². The Balaban J connectivity index is 1.67. The lowest BCUT2D eigenvalue weighted by Gasteiger charge is -2.23. The van der Waals surface area contributed by atoms with Crippen LogP contribution in [0.2, 0.25) is 5.02 Å². The van der Waals surface area contributed by atoms with Crippen molar-refractivity contribution < 1.29 is 4.79 Å². The molecule has 1 aromatic heterocycles. The lowest BCUT2D eigenvalue weighted by Crippen LogP contribution is -2.33. The number of fused-ring (bicyclic) bond motifs is 1. The maximum Gasteiger partial charge on any atom is 0.275 e. The molecule has 2 heterocycles. The molecule has 3 aromatic rings. The van der Waals surface area contributed by atoms with Crippen molar-refractivity contribution in [3.63, 3.8) is 0 Å². The van der Waals surface area contributed by atoms with E-state index in [4.69, 9.17) is 11.6 Å². The first kappa shape index (κ1) is 20.4. The molecule has 7 heteroatoms. The molecule has 1 aliphatic rings. The Morgan fingerprint density at radius 2 is 1.77 bits per heavy atom. The van der Waals surface area contributed by atoms with Gasteiger partial charge in [-0.05, 0) is 43.5 Å². The van der Waals surface area contributed by atoms with E-state index in [1.807, 2.05) is 31.2 Å². The van der Waals surface area contributed by atoms with Crippen LogP contribution >= 0.6 is 11.6 Å². The highest BCUT2D eigenvalue weighted by atomic mass is 35.5. The van der Waals surface area contributed by atoms with Gasteiger partial charge in [-0.3, -0.25) is 9.59 Å². The van der Waals surface area contributed by atoms with Gasteiger partial charge in [-0.15, -0.1) is 0 Å². The van der Waals surface area contributed by atoms with E-state index in [9.17, 15) is 9.59 Å². The van der Waals surface area contributed by atoms with E-state index in [1.165, 1.54) is 17.5 Å². The second-order valence-corrected chi connectivity index (χ2v) is 8.17. The number of rotatable bonds is 4. The average Bonchev–Trinajstić information content (AvgIpc) is 3.02. The van der Waals surface area contributed by atoms with Gasteiger partial charge < -0.3 is 10.2 Å². The molecule has 1 N–H and O–H groups in total. The average molecular weight is 425 g/mol. The van der Waals surface area contributed by atoms with Crippen LogP contribution in [0.5, 0.6) is 0 Å². The molecule has 30 heavy (non-hydrogen) atoms. The molecule has 156 valence electrons. The third-order valence-corrected chi connectivity index (χ3v) is 5.76. The quantitative estimate of drug-likeness (QED) is 0.675. The van der Waals surface area contributed by atoms with Crippen LogP contribution in [0.4, 0.5) is 11.5 Å². The summed E-state index contributed by atoms with van der Waals surface area (Å²) in [6.07, 6.45) is 4.60. The van der Waals surface area contributed by atoms with E-state index in [2.05, 4.69) is 15.3 Å². The van der Waals surface area contributed by atoms with Crippen LogP contribution in [0.3, 0.4) is 0 Å². The van der Waals surface area contributed by atoms with Crippen molar-refractivity contribution in [2.24, 2.45) is 0 Å². The monoisotopic (exact) mass is 424 g/mol. The topological polar surface area (TPSA) is 67.2 Å². The number of nitrogens with zero attached hydrogens (tertiary/aromatic N) is 3. The first-order chi connectivity index (χ1) is 14.5. The Morgan fingerprint density at radius 1 is 1.07 bits per heavy atom. The summed E-state index contributed by atoms with van der Waals surface area (Å²) in [5.41, 5.74) is 1.26. The molecule has 1 amide bonds. The summed E-state index contributed by atoms with van der Waals surface area (Å²) in [5.74, 6) is 0.431. The first-order valence-electron chi connectivity index (χ1n) is 10.3. The zero-order chi connectivity index (χ0) is 21.1. The summed E-state index contributed by atoms with van der Waals surface area (Å²) >= 11 is 6.22. The van der Waals surface area contributed by atoms with E-state index in [0.29, 0.717) is 16.1 Å². The number of carbonyl (C=O) groups is 1. The van der Waals surface area contributed by atoms with E-state index in [1.54, 1.807) is 18.2 Å². The second-order valence-electron chi connectivity index (χ2n) is 7.76. The lowest BCUT2D eigenvalue weighted by molar-refractivity contribution is -0.117. The van der Waals surface area contributed by atoms with Gasteiger partial charge in [-0.25, -0.2) is 4.68 Å². The molecular formula is C23H25ClN4O2. The van der Waals surface area contributed by atoms with Crippen LogP contribution in [0.25, 0.3) is 10.8 Å². The highest BCUT2D eigenvalue weighted by Crippen LogP contribution is 2.25. The molecule has 2 aromatic carbocycles. The Bertz CT molecular complexity index is 1130. The summed E-state index contributed by atoms with van der Waals surface area (Å²) in [4.78, 5) is 27.9. The molecule has 4 rings (SSSR count). The summed E-state index contributed by atoms with van der Waals surface area (Å²) in [6.45, 7) is 3.57. The molecule has 0 unspecified atom stereocenters. The molecule has 1 saturated heterocycles. The van der Waals surface area contributed by atoms with Gasteiger partial charge in [0.1, 0.15) is 6.54 Å². The van der Waals surface area contributed by atoms with E-state index >= 15 is 0 Å². The van der Waals surface area contributed by atoms with Crippen molar-refractivity contribution in [3.8, 4) is 0 Å². The van der Waals surface area contributed by atoms with Crippen molar-refractivity contribution in [3.05, 3.63) is 63.4 Å². The van der Waals surface area contributed by atoms with Crippen molar-refractivity contribution >= 4 is 39.8 Å². The number of aromatic nitrogens is 2. The molecule has 6 nitrogen and oxygen atoms in total. The van der Waals surface area contributed by atoms with E-state index in [0.717, 1.165) is 42.7 Å². The largest absolute Gasteiger partial charge is 0.355 e. The molecule has 0 spiro atoms. The van der Waals surface area contributed by atoms with Gasteiger partial charge in [-0.1, -0.05) is 48.7 Å². The number of aryl methyl sites for hydroxylation is 1. The maximum atomic E-state index is 13.0. The molecule has 0 aliphatic carbocycles. The zero-order valence-electron chi connectivity index (χ0n) is 17.0. The number of anilines is 2.